The minimum atomic E-state index is 0.641. The van der Waals surface area contributed by atoms with Crippen LogP contribution < -0.4 is 9.47 Å². The van der Waals surface area contributed by atoms with Crippen molar-refractivity contribution in [2.45, 2.75) is 13.8 Å². The van der Waals surface area contributed by atoms with E-state index >= 15 is 0 Å². The van der Waals surface area contributed by atoms with Gasteiger partial charge in [-0.3, -0.25) is 4.40 Å². The molecule has 0 amide bonds. The van der Waals surface area contributed by atoms with E-state index in [-0.39, 0.29) is 0 Å². The van der Waals surface area contributed by atoms with Gasteiger partial charge in [0.05, 0.1) is 29.1 Å². The third-order valence-corrected chi connectivity index (χ3v) is 4.86. The third-order valence-electron chi connectivity index (χ3n) is 3.84. The van der Waals surface area contributed by atoms with E-state index in [1.54, 1.807) is 11.3 Å². The van der Waals surface area contributed by atoms with Crippen molar-refractivity contribution in [2.24, 2.45) is 0 Å². The summed E-state index contributed by atoms with van der Waals surface area (Å²) in [5.41, 5.74) is 3.10. The summed E-state index contributed by atoms with van der Waals surface area (Å²) in [4.78, 5) is 5.77. The van der Waals surface area contributed by atoms with Crippen LogP contribution in [0.5, 0.6) is 11.5 Å². The molecule has 24 heavy (non-hydrogen) atoms. The summed E-state index contributed by atoms with van der Waals surface area (Å²) in [6.07, 6.45) is 2.08. The SMILES string of the molecule is CCOc1ccc2c(c1)sc1nc(-c3ccccc3OCC)cn12. The van der Waals surface area contributed by atoms with E-state index in [0.717, 1.165) is 33.2 Å². The maximum absolute atomic E-state index is 5.73. The van der Waals surface area contributed by atoms with Crippen LogP contribution >= 0.6 is 11.3 Å². The van der Waals surface area contributed by atoms with E-state index in [4.69, 9.17) is 14.5 Å². The largest absolute Gasteiger partial charge is 0.494 e. The molecule has 5 heteroatoms. The molecule has 2 aromatic carbocycles. The van der Waals surface area contributed by atoms with Crippen molar-refractivity contribution in [2.75, 3.05) is 13.2 Å². The summed E-state index contributed by atoms with van der Waals surface area (Å²) in [6, 6.07) is 14.2. The molecule has 4 rings (SSSR count). The molecular formula is C19H18N2O2S. The summed E-state index contributed by atoms with van der Waals surface area (Å²) >= 11 is 1.67. The highest BCUT2D eigenvalue weighted by atomic mass is 32.1. The standard InChI is InChI=1S/C19H18N2O2S/c1-3-22-13-9-10-16-18(11-13)24-19-20-15(12-21(16)19)14-7-5-6-8-17(14)23-4-2/h5-12H,3-4H2,1-2H3. The van der Waals surface area contributed by atoms with Crippen LogP contribution in [-0.2, 0) is 0 Å². The van der Waals surface area contributed by atoms with Crippen LogP contribution in [0.15, 0.2) is 48.7 Å². The highest BCUT2D eigenvalue weighted by Gasteiger charge is 2.13. The molecule has 0 aliphatic heterocycles. The lowest BCUT2D eigenvalue weighted by molar-refractivity contribution is 0.341. The normalized spacial score (nSPS) is 11.2. The molecule has 0 radical (unpaired) electrons. The number of para-hydroxylation sites is 1. The second kappa shape index (κ2) is 6.17. The highest BCUT2D eigenvalue weighted by Crippen LogP contribution is 2.34. The number of hydrogen-bond acceptors (Lipinski definition) is 4. The first-order chi connectivity index (χ1) is 11.8. The third kappa shape index (κ3) is 2.51. The van der Waals surface area contributed by atoms with Crippen molar-refractivity contribution in [1.82, 2.24) is 9.38 Å². The number of ether oxygens (including phenoxy) is 2. The van der Waals surface area contributed by atoms with E-state index in [2.05, 4.69) is 22.7 Å². The summed E-state index contributed by atoms with van der Waals surface area (Å²) in [6.45, 7) is 5.30. The molecule has 0 aliphatic carbocycles. The molecule has 0 atom stereocenters. The quantitative estimate of drug-likeness (QED) is 0.513. The Balaban J connectivity index is 1.82. The van der Waals surface area contributed by atoms with Crippen molar-refractivity contribution >= 4 is 26.5 Å². The Morgan fingerprint density at radius 2 is 1.88 bits per heavy atom. The fraction of sp³-hybridized carbons (Fsp3) is 0.211. The average Bonchev–Trinajstić information content (AvgIpc) is 3.13. The van der Waals surface area contributed by atoms with Crippen molar-refractivity contribution < 1.29 is 9.47 Å². The summed E-state index contributed by atoms with van der Waals surface area (Å²) in [7, 11) is 0. The maximum atomic E-state index is 5.73. The maximum Gasteiger partial charge on any atom is 0.195 e. The smallest absolute Gasteiger partial charge is 0.195 e. The average molecular weight is 338 g/mol. The summed E-state index contributed by atoms with van der Waals surface area (Å²) < 4.78 is 14.6. The van der Waals surface area contributed by atoms with Crippen LogP contribution in [-0.4, -0.2) is 22.6 Å². The molecule has 4 nitrogen and oxygen atoms in total. The first kappa shape index (κ1) is 15.0. The van der Waals surface area contributed by atoms with Crippen molar-refractivity contribution in [3.8, 4) is 22.8 Å². The Hall–Kier alpha value is -2.53. The topological polar surface area (TPSA) is 35.8 Å². The van der Waals surface area contributed by atoms with E-state index in [1.807, 2.05) is 44.2 Å². The van der Waals surface area contributed by atoms with Crippen LogP contribution in [0, 0.1) is 0 Å². The molecule has 2 heterocycles. The Labute approximate surface area is 144 Å². The molecule has 0 fully saturated rings. The zero-order valence-corrected chi connectivity index (χ0v) is 14.5. The Kier molecular flexibility index (Phi) is 3.86. The van der Waals surface area contributed by atoms with Gasteiger partial charge in [-0.1, -0.05) is 23.5 Å². The zero-order chi connectivity index (χ0) is 16.5. The van der Waals surface area contributed by atoms with Gasteiger partial charge in [0.2, 0.25) is 0 Å². The zero-order valence-electron chi connectivity index (χ0n) is 13.7. The van der Waals surface area contributed by atoms with Gasteiger partial charge in [0, 0.05) is 11.8 Å². The van der Waals surface area contributed by atoms with E-state index in [0.29, 0.717) is 13.2 Å². The minimum Gasteiger partial charge on any atom is -0.494 e. The predicted molar refractivity (Wildman–Crippen MR) is 98.3 cm³/mol. The van der Waals surface area contributed by atoms with Crippen molar-refractivity contribution in [3.05, 3.63) is 48.7 Å². The van der Waals surface area contributed by atoms with Crippen LogP contribution in [0.2, 0.25) is 0 Å². The van der Waals surface area contributed by atoms with Gasteiger partial charge in [-0.15, -0.1) is 0 Å². The van der Waals surface area contributed by atoms with Crippen LogP contribution in [0.1, 0.15) is 13.8 Å². The molecule has 0 unspecified atom stereocenters. The van der Waals surface area contributed by atoms with Crippen LogP contribution in [0.3, 0.4) is 0 Å². The van der Waals surface area contributed by atoms with E-state index < -0.39 is 0 Å². The van der Waals surface area contributed by atoms with Crippen LogP contribution in [0.4, 0.5) is 0 Å². The fourth-order valence-corrected chi connectivity index (χ4v) is 3.86. The van der Waals surface area contributed by atoms with Crippen LogP contribution in [0.25, 0.3) is 26.4 Å². The molecule has 0 bridgehead atoms. The Morgan fingerprint density at radius 1 is 1.04 bits per heavy atom. The first-order valence-electron chi connectivity index (χ1n) is 8.06. The lowest BCUT2D eigenvalue weighted by Crippen LogP contribution is -1.93. The van der Waals surface area contributed by atoms with Gasteiger partial charge in [0.25, 0.3) is 0 Å². The molecular weight excluding hydrogens is 320 g/mol. The molecule has 0 aliphatic rings. The molecule has 0 spiro atoms. The number of fused-ring (bicyclic) bond motifs is 3. The number of hydrogen-bond donors (Lipinski definition) is 0. The van der Waals surface area contributed by atoms with Gasteiger partial charge in [0.15, 0.2) is 4.96 Å². The number of benzene rings is 2. The first-order valence-corrected chi connectivity index (χ1v) is 8.88. The van der Waals surface area contributed by atoms with E-state index in [1.165, 1.54) is 4.70 Å². The number of aromatic nitrogens is 2. The van der Waals surface area contributed by atoms with Gasteiger partial charge in [-0.2, -0.15) is 0 Å². The number of nitrogens with zero attached hydrogens (tertiary/aromatic N) is 2. The predicted octanol–water partition coefficient (Wildman–Crippen LogP) is 5.01. The second-order valence-corrected chi connectivity index (χ2v) is 6.38. The van der Waals surface area contributed by atoms with Gasteiger partial charge in [-0.05, 0) is 44.2 Å². The van der Waals surface area contributed by atoms with Gasteiger partial charge >= 0.3 is 0 Å². The number of imidazole rings is 1. The monoisotopic (exact) mass is 338 g/mol. The highest BCUT2D eigenvalue weighted by molar-refractivity contribution is 7.23. The fourth-order valence-electron chi connectivity index (χ4n) is 2.83. The molecule has 0 N–H and O–H groups in total. The van der Waals surface area contributed by atoms with Crippen molar-refractivity contribution in [3.63, 3.8) is 0 Å². The lowest BCUT2D eigenvalue weighted by atomic mass is 10.1. The minimum absolute atomic E-state index is 0.641. The summed E-state index contributed by atoms with van der Waals surface area (Å²) in [5, 5.41) is 0. The van der Waals surface area contributed by atoms with Crippen molar-refractivity contribution in [1.29, 1.82) is 0 Å². The molecule has 0 saturated carbocycles. The molecule has 0 saturated heterocycles. The Morgan fingerprint density at radius 3 is 2.71 bits per heavy atom. The van der Waals surface area contributed by atoms with E-state index in [9.17, 15) is 0 Å². The van der Waals surface area contributed by atoms with Gasteiger partial charge in [-0.25, -0.2) is 4.98 Å². The summed E-state index contributed by atoms with van der Waals surface area (Å²) in [5.74, 6) is 1.77. The number of thiazole rings is 1. The Bertz CT molecular complexity index is 1000. The van der Waals surface area contributed by atoms with Gasteiger partial charge in [0.1, 0.15) is 11.5 Å². The molecule has 122 valence electrons. The second-order valence-electron chi connectivity index (χ2n) is 5.37. The lowest BCUT2D eigenvalue weighted by Gasteiger charge is -2.07. The van der Waals surface area contributed by atoms with Gasteiger partial charge < -0.3 is 9.47 Å². The number of rotatable bonds is 5. The molecule has 4 aromatic rings. The molecule has 2 aromatic heterocycles.